The highest BCUT2D eigenvalue weighted by Crippen LogP contribution is 2.35. The molecule has 0 bridgehead atoms. The standard InChI is InChI=1S/C27H29N3O10S2/c1-2-38-26(34)22(25(32)33)40-20-10-9-19-24(29-20)41-27(28-19)30-23(31)21(39-16-11-13-37-14-12-16)15-3-5-17(6-4-15)42(35,36)18-7-8-18/h3-6,9-10,16,18,21-22H,2,7-8,11-14H2,1H3,(H,32,33)(H,28,30,31). The lowest BCUT2D eigenvalue weighted by Gasteiger charge is -2.27. The molecule has 1 saturated carbocycles. The molecule has 1 aromatic carbocycles. The zero-order chi connectivity index (χ0) is 29.9. The first kappa shape index (κ1) is 29.8. The van der Waals surface area contributed by atoms with Gasteiger partial charge < -0.3 is 24.1 Å². The fraction of sp³-hybridized carbons (Fsp3) is 0.444. The molecule has 2 atom stereocenters. The topological polar surface area (TPSA) is 180 Å². The van der Waals surface area contributed by atoms with Crippen molar-refractivity contribution in [2.75, 3.05) is 25.1 Å². The molecule has 15 heteroatoms. The third-order valence-electron chi connectivity index (χ3n) is 6.63. The summed E-state index contributed by atoms with van der Waals surface area (Å²) in [6.07, 6.45) is -0.663. The molecule has 3 heterocycles. The Hall–Kier alpha value is -3.66. The van der Waals surface area contributed by atoms with Crippen LogP contribution in [0.5, 0.6) is 5.88 Å². The second kappa shape index (κ2) is 12.7. The number of carboxylic acid groups (broad SMARTS) is 1. The largest absolute Gasteiger partial charge is 0.478 e. The Morgan fingerprint density at radius 1 is 1.07 bits per heavy atom. The molecule has 5 rings (SSSR count). The molecule has 2 aromatic heterocycles. The molecular formula is C27H29N3O10S2. The number of aliphatic carboxylic acids is 1. The Morgan fingerprint density at radius 3 is 2.43 bits per heavy atom. The maximum Gasteiger partial charge on any atom is 0.359 e. The molecule has 0 spiro atoms. The van der Waals surface area contributed by atoms with Gasteiger partial charge in [-0.15, -0.1) is 0 Å². The average molecular weight is 620 g/mol. The maximum absolute atomic E-state index is 13.5. The van der Waals surface area contributed by atoms with Gasteiger partial charge in [0.2, 0.25) is 5.88 Å². The number of nitrogens with zero attached hydrogens (tertiary/aromatic N) is 2. The fourth-order valence-corrected chi connectivity index (χ4v) is 6.82. The Bertz CT molecular complexity index is 1560. The van der Waals surface area contributed by atoms with Crippen LogP contribution in [0.3, 0.4) is 0 Å². The molecule has 13 nitrogen and oxygen atoms in total. The molecule has 0 radical (unpaired) electrons. The molecule has 2 fully saturated rings. The van der Waals surface area contributed by atoms with Crippen molar-refractivity contribution in [2.24, 2.45) is 0 Å². The number of anilines is 1. The summed E-state index contributed by atoms with van der Waals surface area (Å²) in [4.78, 5) is 46.1. The van der Waals surface area contributed by atoms with E-state index in [2.05, 4.69) is 15.3 Å². The molecule has 1 amide bonds. The van der Waals surface area contributed by atoms with E-state index in [1.54, 1.807) is 19.1 Å². The number of benzene rings is 1. The van der Waals surface area contributed by atoms with E-state index in [1.807, 2.05) is 0 Å². The van der Waals surface area contributed by atoms with Gasteiger partial charge in [0.25, 0.3) is 12.0 Å². The number of thiazole rings is 1. The lowest BCUT2D eigenvalue weighted by atomic mass is 10.1. The van der Waals surface area contributed by atoms with Gasteiger partial charge in [0.1, 0.15) is 10.3 Å². The third-order valence-corrected chi connectivity index (χ3v) is 9.79. The highest BCUT2D eigenvalue weighted by molar-refractivity contribution is 7.92. The molecule has 3 aromatic rings. The Morgan fingerprint density at radius 2 is 1.79 bits per heavy atom. The molecule has 1 aliphatic heterocycles. The van der Waals surface area contributed by atoms with Gasteiger partial charge in [0.05, 0.1) is 22.9 Å². The first-order valence-electron chi connectivity index (χ1n) is 13.4. The van der Waals surface area contributed by atoms with Crippen LogP contribution in [0.25, 0.3) is 10.3 Å². The van der Waals surface area contributed by atoms with Crippen molar-refractivity contribution in [3.8, 4) is 5.88 Å². The first-order chi connectivity index (χ1) is 20.2. The van der Waals surface area contributed by atoms with Crippen molar-refractivity contribution in [3.05, 3.63) is 42.0 Å². The molecule has 1 saturated heterocycles. The summed E-state index contributed by atoms with van der Waals surface area (Å²) in [5.74, 6) is -3.23. The van der Waals surface area contributed by atoms with Crippen LogP contribution in [0, 0.1) is 0 Å². The molecule has 1 aliphatic carbocycles. The summed E-state index contributed by atoms with van der Waals surface area (Å²) in [7, 11) is -3.38. The predicted molar refractivity (Wildman–Crippen MR) is 149 cm³/mol. The van der Waals surface area contributed by atoms with Crippen LogP contribution in [0.1, 0.15) is 44.3 Å². The van der Waals surface area contributed by atoms with Crippen molar-refractivity contribution < 1.29 is 46.9 Å². The monoisotopic (exact) mass is 619 g/mol. The zero-order valence-electron chi connectivity index (χ0n) is 22.6. The van der Waals surface area contributed by atoms with Crippen molar-refractivity contribution in [1.29, 1.82) is 0 Å². The van der Waals surface area contributed by atoms with Crippen molar-refractivity contribution in [3.63, 3.8) is 0 Å². The number of hydrogen-bond donors (Lipinski definition) is 2. The normalized spacial score (nSPS) is 17.4. The number of fused-ring (bicyclic) bond motifs is 1. The van der Waals surface area contributed by atoms with Gasteiger partial charge in [0.15, 0.2) is 21.1 Å². The SMILES string of the molecule is CCOC(=O)C(Oc1ccc2nc(NC(=O)C(OC3CCOCC3)c3ccc(S(=O)(=O)C4CC4)cc3)sc2n1)C(=O)O. The van der Waals surface area contributed by atoms with Crippen LogP contribution in [-0.2, 0) is 38.4 Å². The van der Waals surface area contributed by atoms with E-state index in [0.717, 1.165) is 11.3 Å². The van der Waals surface area contributed by atoms with Gasteiger partial charge in [-0.05, 0) is 56.4 Å². The minimum Gasteiger partial charge on any atom is -0.478 e. The molecule has 224 valence electrons. The number of amides is 1. The molecule has 2 aliphatic rings. The molecular weight excluding hydrogens is 590 g/mol. The number of nitrogens with one attached hydrogen (secondary N) is 1. The average Bonchev–Trinajstić information content (AvgIpc) is 3.76. The third kappa shape index (κ3) is 6.86. The van der Waals surface area contributed by atoms with Crippen LogP contribution in [0.2, 0.25) is 0 Å². The second-order valence-corrected chi connectivity index (χ2v) is 12.9. The molecule has 42 heavy (non-hydrogen) atoms. The fourth-order valence-electron chi connectivity index (χ4n) is 4.33. The molecule has 2 unspecified atom stereocenters. The van der Waals surface area contributed by atoms with Crippen molar-refractivity contribution >= 4 is 54.5 Å². The number of hydrogen-bond acceptors (Lipinski definition) is 12. The quantitative estimate of drug-likeness (QED) is 0.224. The number of aromatic nitrogens is 2. The highest BCUT2D eigenvalue weighted by atomic mass is 32.2. The van der Waals surface area contributed by atoms with E-state index < -0.39 is 39.9 Å². The summed E-state index contributed by atoms with van der Waals surface area (Å²) in [6, 6.07) is 9.05. The van der Waals surface area contributed by atoms with Crippen LogP contribution >= 0.6 is 11.3 Å². The van der Waals surface area contributed by atoms with Gasteiger partial charge in [0, 0.05) is 19.3 Å². The lowest BCUT2D eigenvalue weighted by Crippen LogP contribution is -2.37. The van der Waals surface area contributed by atoms with Crippen molar-refractivity contribution in [2.45, 2.75) is 61.1 Å². The van der Waals surface area contributed by atoms with E-state index in [1.165, 1.54) is 24.3 Å². The minimum atomic E-state index is -3.38. The summed E-state index contributed by atoms with van der Waals surface area (Å²) >= 11 is 1.02. The van der Waals surface area contributed by atoms with Crippen LogP contribution in [-0.4, -0.2) is 78.6 Å². The minimum absolute atomic E-state index is 0.0146. The predicted octanol–water partition coefficient (Wildman–Crippen LogP) is 2.90. The van der Waals surface area contributed by atoms with Crippen LogP contribution in [0.4, 0.5) is 5.13 Å². The Labute approximate surface area is 245 Å². The van der Waals surface area contributed by atoms with E-state index in [0.29, 0.717) is 54.8 Å². The molecule has 2 N–H and O–H groups in total. The van der Waals surface area contributed by atoms with Crippen LogP contribution < -0.4 is 10.1 Å². The number of sulfone groups is 1. The maximum atomic E-state index is 13.5. The van der Waals surface area contributed by atoms with Gasteiger partial charge in [-0.2, -0.15) is 0 Å². The summed E-state index contributed by atoms with van der Waals surface area (Å²) < 4.78 is 46.9. The van der Waals surface area contributed by atoms with E-state index >= 15 is 0 Å². The van der Waals surface area contributed by atoms with Crippen molar-refractivity contribution in [1.82, 2.24) is 9.97 Å². The Balaban J connectivity index is 1.34. The van der Waals surface area contributed by atoms with E-state index in [9.17, 15) is 27.9 Å². The lowest BCUT2D eigenvalue weighted by molar-refractivity contribution is -0.163. The number of carboxylic acids is 1. The number of esters is 1. The van der Waals surface area contributed by atoms with Gasteiger partial charge in [-0.25, -0.2) is 28.0 Å². The van der Waals surface area contributed by atoms with Gasteiger partial charge in [-0.1, -0.05) is 23.5 Å². The van der Waals surface area contributed by atoms with Crippen LogP contribution in [0.15, 0.2) is 41.3 Å². The number of carbonyl (C=O) groups is 3. The number of rotatable bonds is 12. The Kier molecular flexibility index (Phi) is 9.01. The highest BCUT2D eigenvalue weighted by Gasteiger charge is 2.37. The number of ether oxygens (including phenoxy) is 4. The smallest absolute Gasteiger partial charge is 0.359 e. The first-order valence-corrected chi connectivity index (χ1v) is 15.7. The van der Waals surface area contributed by atoms with Gasteiger partial charge >= 0.3 is 11.9 Å². The van der Waals surface area contributed by atoms with E-state index in [-0.39, 0.29) is 33.9 Å². The number of pyridine rings is 1. The van der Waals surface area contributed by atoms with Gasteiger partial charge in [-0.3, -0.25) is 10.1 Å². The summed E-state index contributed by atoms with van der Waals surface area (Å²) in [6.45, 7) is 2.54. The zero-order valence-corrected chi connectivity index (χ0v) is 24.2. The second-order valence-electron chi connectivity index (χ2n) is 9.71. The number of carbonyl (C=O) groups excluding carboxylic acids is 2. The van der Waals surface area contributed by atoms with E-state index in [4.69, 9.17) is 18.9 Å². The summed E-state index contributed by atoms with van der Waals surface area (Å²) in [5, 5.41) is 11.9. The summed E-state index contributed by atoms with van der Waals surface area (Å²) in [5.41, 5.74) is 0.893.